The number of benzene rings is 2. The molecule has 3 rings (SSSR count). The molecule has 0 aromatic heterocycles. The van der Waals surface area contributed by atoms with Gasteiger partial charge < -0.3 is 9.94 Å². The zero-order chi connectivity index (χ0) is 14.5. The zero-order valence-electron chi connectivity index (χ0n) is 11.9. The third kappa shape index (κ3) is 3.32. The van der Waals surface area contributed by atoms with Gasteiger partial charge in [0.15, 0.2) is 0 Å². The Balaban J connectivity index is 1.77. The molecular weight excluding hydrogens is 262 g/mol. The van der Waals surface area contributed by atoms with Crippen molar-refractivity contribution in [3.05, 3.63) is 70.8 Å². The fourth-order valence-electron chi connectivity index (χ4n) is 2.67. The van der Waals surface area contributed by atoms with Gasteiger partial charge in [-0.3, -0.25) is 0 Å². The monoisotopic (exact) mass is 281 g/mol. The van der Waals surface area contributed by atoms with Crippen molar-refractivity contribution >= 4 is 6.08 Å². The van der Waals surface area contributed by atoms with Crippen molar-refractivity contribution in [1.29, 1.82) is 0 Å². The first-order chi connectivity index (χ1) is 10.4. The Morgan fingerprint density at radius 1 is 1.00 bits per heavy atom. The lowest BCUT2D eigenvalue weighted by molar-refractivity contribution is 0.176. The lowest BCUT2D eigenvalue weighted by Gasteiger charge is -2.19. The van der Waals surface area contributed by atoms with Crippen LogP contribution in [0.5, 0.6) is 5.75 Å². The van der Waals surface area contributed by atoms with Crippen LogP contribution in [0.25, 0.3) is 6.08 Å². The van der Waals surface area contributed by atoms with E-state index >= 15 is 0 Å². The summed E-state index contributed by atoms with van der Waals surface area (Å²) >= 11 is 0. The quantitative estimate of drug-likeness (QED) is 0.823. The molecular formula is C18H19NO2. The predicted molar refractivity (Wildman–Crippen MR) is 83.3 cm³/mol. The highest BCUT2D eigenvalue weighted by Crippen LogP contribution is 2.31. The highest BCUT2D eigenvalue weighted by atomic mass is 16.5. The van der Waals surface area contributed by atoms with E-state index in [0.29, 0.717) is 13.2 Å². The zero-order valence-corrected chi connectivity index (χ0v) is 11.9. The highest BCUT2D eigenvalue weighted by Gasteiger charge is 2.14. The average molecular weight is 281 g/mol. The molecule has 0 radical (unpaired) electrons. The van der Waals surface area contributed by atoms with Crippen molar-refractivity contribution in [2.75, 3.05) is 6.54 Å². The minimum absolute atomic E-state index is 0.522. The van der Waals surface area contributed by atoms with Crippen LogP contribution in [0.2, 0.25) is 0 Å². The summed E-state index contributed by atoms with van der Waals surface area (Å²) in [5.41, 5.74) is 7.07. The number of hydroxylamine groups is 1. The van der Waals surface area contributed by atoms with Crippen molar-refractivity contribution < 1.29 is 9.94 Å². The first kappa shape index (κ1) is 13.9. The fourth-order valence-corrected chi connectivity index (χ4v) is 2.67. The summed E-state index contributed by atoms with van der Waals surface area (Å²) in [7, 11) is 0. The first-order valence-corrected chi connectivity index (χ1v) is 7.22. The molecule has 21 heavy (non-hydrogen) atoms. The molecule has 0 fully saturated rings. The van der Waals surface area contributed by atoms with E-state index in [-0.39, 0.29) is 0 Å². The summed E-state index contributed by atoms with van der Waals surface area (Å²) in [5, 5.41) is 8.82. The van der Waals surface area contributed by atoms with Gasteiger partial charge >= 0.3 is 0 Å². The first-order valence-electron chi connectivity index (χ1n) is 7.22. The van der Waals surface area contributed by atoms with Gasteiger partial charge in [0.25, 0.3) is 0 Å². The molecule has 108 valence electrons. The van der Waals surface area contributed by atoms with Crippen molar-refractivity contribution in [1.82, 2.24) is 5.48 Å². The molecule has 1 aliphatic carbocycles. The number of hydrogen-bond acceptors (Lipinski definition) is 3. The molecule has 0 heterocycles. The van der Waals surface area contributed by atoms with Crippen LogP contribution < -0.4 is 10.2 Å². The molecule has 2 aromatic carbocycles. The average Bonchev–Trinajstić information content (AvgIpc) is 2.54. The van der Waals surface area contributed by atoms with E-state index in [1.54, 1.807) is 0 Å². The van der Waals surface area contributed by atoms with Gasteiger partial charge in [-0.05, 0) is 30.0 Å². The van der Waals surface area contributed by atoms with Crippen LogP contribution in [-0.2, 0) is 13.0 Å². The van der Waals surface area contributed by atoms with Crippen molar-refractivity contribution in [3.8, 4) is 5.75 Å². The van der Waals surface area contributed by atoms with Crippen LogP contribution in [0.15, 0.2) is 54.1 Å². The molecule has 0 bridgehead atoms. The second-order valence-electron chi connectivity index (χ2n) is 5.24. The van der Waals surface area contributed by atoms with Gasteiger partial charge in [-0.25, -0.2) is 5.48 Å². The van der Waals surface area contributed by atoms with Crippen LogP contribution in [0, 0.1) is 0 Å². The van der Waals surface area contributed by atoms with E-state index in [4.69, 9.17) is 9.94 Å². The normalized spacial score (nSPS) is 13.5. The summed E-state index contributed by atoms with van der Waals surface area (Å²) in [4.78, 5) is 0. The molecule has 0 spiro atoms. The van der Waals surface area contributed by atoms with Crippen molar-refractivity contribution in [2.24, 2.45) is 0 Å². The Morgan fingerprint density at radius 2 is 1.86 bits per heavy atom. The Bertz CT molecular complexity index is 635. The predicted octanol–water partition coefficient (Wildman–Crippen LogP) is 3.57. The maximum atomic E-state index is 8.82. The Kier molecular flexibility index (Phi) is 4.34. The van der Waals surface area contributed by atoms with Gasteiger partial charge in [-0.2, -0.15) is 0 Å². The molecule has 1 aliphatic rings. The Morgan fingerprint density at radius 3 is 2.67 bits per heavy atom. The molecule has 2 N–H and O–H groups in total. The smallest absolute Gasteiger partial charge is 0.123 e. The second-order valence-corrected chi connectivity index (χ2v) is 5.24. The lowest BCUT2D eigenvalue weighted by atomic mass is 9.91. The Labute approximate surface area is 124 Å². The van der Waals surface area contributed by atoms with Crippen LogP contribution >= 0.6 is 0 Å². The standard InChI is InChI=1S/C18H19NO2/c20-19-12-15-9-10-17-16(11-15)7-4-8-18(17)21-13-14-5-2-1-3-6-14/h1-8,11,19-20H,9-10,12-13H2. The summed E-state index contributed by atoms with van der Waals surface area (Å²) in [5.74, 6) is 0.962. The van der Waals surface area contributed by atoms with Crippen LogP contribution in [-0.4, -0.2) is 11.8 Å². The van der Waals surface area contributed by atoms with E-state index in [1.165, 1.54) is 22.3 Å². The summed E-state index contributed by atoms with van der Waals surface area (Å²) in [6.07, 6.45) is 4.04. The highest BCUT2D eigenvalue weighted by molar-refractivity contribution is 5.63. The fraction of sp³-hybridized carbons (Fsp3) is 0.222. The third-order valence-electron chi connectivity index (χ3n) is 3.77. The molecule has 2 aromatic rings. The maximum Gasteiger partial charge on any atom is 0.123 e. The van der Waals surface area contributed by atoms with Crippen LogP contribution in [0.1, 0.15) is 23.1 Å². The number of ether oxygens (including phenoxy) is 1. The van der Waals surface area contributed by atoms with Gasteiger partial charge in [0.2, 0.25) is 0 Å². The number of hydrogen-bond donors (Lipinski definition) is 2. The van der Waals surface area contributed by atoms with E-state index in [0.717, 1.165) is 18.6 Å². The molecule has 0 aliphatic heterocycles. The summed E-state index contributed by atoms with van der Waals surface area (Å²) in [6.45, 7) is 1.11. The van der Waals surface area contributed by atoms with E-state index in [9.17, 15) is 0 Å². The van der Waals surface area contributed by atoms with Gasteiger partial charge in [0, 0.05) is 12.1 Å². The number of fused-ring (bicyclic) bond motifs is 1. The SMILES string of the molecule is ONCC1=Cc2cccc(OCc3ccccc3)c2CC1. The van der Waals surface area contributed by atoms with Gasteiger partial charge in [0.1, 0.15) is 12.4 Å². The van der Waals surface area contributed by atoms with Crippen molar-refractivity contribution in [2.45, 2.75) is 19.4 Å². The van der Waals surface area contributed by atoms with E-state index in [2.05, 4.69) is 29.8 Å². The van der Waals surface area contributed by atoms with Crippen LogP contribution in [0.3, 0.4) is 0 Å². The Hall–Kier alpha value is -2.10. The second kappa shape index (κ2) is 6.57. The topological polar surface area (TPSA) is 41.5 Å². The molecule has 3 heteroatoms. The minimum atomic E-state index is 0.522. The van der Waals surface area contributed by atoms with Gasteiger partial charge in [-0.15, -0.1) is 0 Å². The third-order valence-corrected chi connectivity index (χ3v) is 3.77. The van der Waals surface area contributed by atoms with Gasteiger partial charge in [0.05, 0.1) is 0 Å². The molecule has 0 saturated carbocycles. The largest absolute Gasteiger partial charge is 0.489 e. The number of rotatable bonds is 5. The van der Waals surface area contributed by atoms with E-state index in [1.807, 2.05) is 30.3 Å². The van der Waals surface area contributed by atoms with Gasteiger partial charge in [-0.1, -0.05) is 54.1 Å². The maximum absolute atomic E-state index is 8.82. The molecule has 0 unspecified atom stereocenters. The van der Waals surface area contributed by atoms with Crippen molar-refractivity contribution in [3.63, 3.8) is 0 Å². The van der Waals surface area contributed by atoms with E-state index < -0.39 is 0 Å². The summed E-state index contributed by atoms with van der Waals surface area (Å²) in [6, 6.07) is 16.3. The minimum Gasteiger partial charge on any atom is -0.489 e. The summed E-state index contributed by atoms with van der Waals surface area (Å²) < 4.78 is 5.99. The molecule has 3 nitrogen and oxygen atoms in total. The molecule has 0 atom stereocenters. The number of nitrogens with one attached hydrogen (secondary N) is 1. The van der Waals surface area contributed by atoms with Crippen LogP contribution in [0.4, 0.5) is 0 Å². The lowest BCUT2D eigenvalue weighted by Crippen LogP contribution is -2.14. The molecule has 0 amide bonds. The molecule has 0 saturated heterocycles.